The summed E-state index contributed by atoms with van der Waals surface area (Å²) in [7, 11) is 1.69. The maximum atomic E-state index is 11.0. The highest BCUT2D eigenvalue weighted by atomic mass is 16.6. The van der Waals surface area contributed by atoms with Crippen LogP contribution in [0.5, 0.6) is 5.75 Å². The number of anilines is 1. The number of hydrogen-bond acceptors (Lipinski definition) is 6. The Bertz CT molecular complexity index is 853. The third-order valence-corrected chi connectivity index (χ3v) is 5.48. The quantitative estimate of drug-likeness (QED) is 0.619. The van der Waals surface area contributed by atoms with E-state index in [-0.39, 0.29) is 17.8 Å². The molecule has 0 spiro atoms. The number of ether oxygens (including phenoxy) is 1. The smallest absolute Gasteiger partial charge is 0.290 e. The zero-order valence-corrected chi connectivity index (χ0v) is 15.6. The number of aryl methyl sites for hydroxylation is 1. The molecule has 142 valence electrons. The average molecular weight is 368 g/mol. The summed E-state index contributed by atoms with van der Waals surface area (Å²) in [4.78, 5) is 17.6. The maximum absolute atomic E-state index is 11.0. The van der Waals surface area contributed by atoms with Crippen LogP contribution in [-0.4, -0.2) is 40.5 Å². The number of nitrogens with one attached hydrogen (secondary N) is 1. The van der Waals surface area contributed by atoms with Crippen molar-refractivity contribution in [3.8, 4) is 5.75 Å². The van der Waals surface area contributed by atoms with E-state index in [0.717, 1.165) is 18.7 Å². The van der Waals surface area contributed by atoms with Crippen LogP contribution in [0, 0.1) is 17.0 Å². The summed E-state index contributed by atoms with van der Waals surface area (Å²) in [5.41, 5.74) is 1.71. The molecule has 2 unspecified atom stereocenters. The van der Waals surface area contributed by atoms with Gasteiger partial charge in [0.05, 0.1) is 18.1 Å². The Balaban J connectivity index is 1.60. The minimum atomic E-state index is -0.393. The van der Waals surface area contributed by atoms with Gasteiger partial charge in [-0.2, -0.15) is 0 Å². The van der Waals surface area contributed by atoms with Crippen LogP contribution in [0.4, 0.5) is 11.5 Å². The van der Waals surface area contributed by atoms with E-state index >= 15 is 0 Å². The molecule has 0 amide bonds. The summed E-state index contributed by atoms with van der Waals surface area (Å²) < 4.78 is 5.42. The van der Waals surface area contributed by atoms with Gasteiger partial charge in [-0.05, 0) is 49.9 Å². The SMILES string of the molecule is COc1cccc(C2C(Nc3ccc([N+](=O)[O-])c(C)n3)CCN2C2CC2)c1. The molecule has 2 aliphatic rings. The maximum Gasteiger partial charge on any atom is 0.290 e. The minimum Gasteiger partial charge on any atom is -0.497 e. The van der Waals surface area contributed by atoms with Crippen LogP contribution >= 0.6 is 0 Å². The number of aromatic nitrogens is 1. The van der Waals surface area contributed by atoms with Gasteiger partial charge in [0.2, 0.25) is 0 Å². The van der Waals surface area contributed by atoms with Crippen LogP contribution in [0.25, 0.3) is 0 Å². The highest BCUT2D eigenvalue weighted by molar-refractivity contribution is 5.46. The molecular formula is C20H24N4O3. The molecule has 1 N–H and O–H groups in total. The Labute approximate surface area is 158 Å². The van der Waals surface area contributed by atoms with Gasteiger partial charge in [0.25, 0.3) is 5.69 Å². The molecule has 1 saturated carbocycles. The highest BCUT2D eigenvalue weighted by Crippen LogP contribution is 2.42. The molecule has 7 heteroatoms. The topological polar surface area (TPSA) is 80.5 Å². The van der Waals surface area contributed by atoms with Crippen molar-refractivity contribution in [2.75, 3.05) is 19.0 Å². The van der Waals surface area contributed by atoms with Gasteiger partial charge in [-0.25, -0.2) is 4.98 Å². The van der Waals surface area contributed by atoms with Crippen molar-refractivity contribution in [1.82, 2.24) is 9.88 Å². The Morgan fingerprint density at radius 2 is 2.07 bits per heavy atom. The minimum absolute atomic E-state index is 0.0518. The Morgan fingerprint density at radius 3 is 2.74 bits per heavy atom. The van der Waals surface area contributed by atoms with Crippen LogP contribution in [-0.2, 0) is 0 Å². The van der Waals surface area contributed by atoms with E-state index in [9.17, 15) is 10.1 Å². The van der Waals surface area contributed by atoms with Gasteiger partial charge < -0.3 is 10.1 Å². The third kappa shape index (κ3) is 3.60. The van der Waals surface area contributed by atoms with Crippen molar-refractivity contribution in [1.29, 1.82) is 0 Å². The van der Waals surface area contributed by atoms with Crippen molar-refractivity contribution in [2.24, 2.45) is 0 Å². The summed E-state index contributed by atoms with van der Waals surface area (Å²) in [6.45, 7) is 2.71. The molecule has 1 aromatic carbocycles. The predicted octanol–water partition coefficient (Wildman–Crippen LogP) is 3.70. The lowest BCUT2D eigenvalue weighted by Gasteiger charge is -2.29. The largest absolute Gasteiger partial charge is 0.497 e. The zero-order chi connectivity index (χ0) is 19.0. The van der Waals surface area contributed by atoms with Crippen molar-refractivity contribution >= 4 is 11.5 Å². The van der Waals surface area contributed by atoms with E-state index in [1.165, 1.54) is 24.5 Å². The third-order valence-electron chi connectivity index (χ3n) is 5.48. The number of hydrogen-bond donors (Lipinski definition) is 1. The second-order valence-corrected chi connectivity index (χ2v) is 7.29. The Hall–Kier alpha value is -2.67. The average Bonchev–Trinajstić information content (AvgIpc) is 3.42. The van der Waals surface area contributed by atoms with E-state index < -0.39 is 4.92 Å². The van der Waals surface area contributed by atoms with Crippen molar-refractivity contribution in [3.05, 3.63) is 57.8 Å². The highest BCUT2D eigenvalue weighted by Gasteiger charge is 2.43. The lowest BCUT2D eigenvalue weighted by atomic mass is 9.99. The number of likely N-dealkylation sites (tertiary alicyclic amines) is 1. The van der Waals surface area contributed by atoms with Crippen LogP contribution in [0.3, 0.4) is 0 Å². The first-order chi connectivity index (χ1) is 13.1. The fraction of sp³-hybridized carbons (Fsp3) is 0.450. The molecule has 2 heterocycles. The first-order valence-corrected chi connectivity index (χ1v) is 9.35. The van der Waals surface area contributed by atoms with Crippen LogP contribution in [0.1, 0.15) is 36.6 Å². The molecule has 2 atom stereocenters. The first kappa shape index (κ1) is 17.7. The molecule has 27 heavy (non-hydrogen) atoms. The fourth-order valence-electron chi connectivity index (χ4n) is 4.05. The van der Waals surface area contributed by atoms with E-state index in [1.54, 1.807) is 20.1 Å². The fourth-order valence-corrected chi connectivity index (χ4v) is 4.05. The molecule has 1 aromatic heterocycles. The zero-order valence-electron chi connectivity index (χ0n) is 15.6. The number of rotatable bonds is 6. The molecule has 1 saturated heterocycles. The molecular weight excluding hydrogens is 344 g/mol. The first-order valence-electron chi connectivity index (χ1n) is 9.35. The number of methoxy groups -OCH3 is 1. The Kier molecular flexibility index (Phi) is 4.70. The van der Waals surface area contributed by atoms with Crippen molar-refractivity contribution in [2.45, 2.75) is 44.3 Å². The lowest BCUT2D eigenvalue weighted by molar-refractivity contribution is -0.385. The summed E-state index contributed by atoms with van der Waals surface area (Å²) in [5, 5.41) is 14.6. The molecule has 1 aliphatic carbocycles. The Morgan fingerprint density at radius 1 is 1.26 bits per heavy atom. The second kappa shape index (κ2) is 7.15. The predicted molar refractivity (Wildman–Crippen MR) is 103 cm³/mol. The summed E-state index contributed by atoms with van der Waals surface area (Å²) in [6, 6.07) is 12.6. The summed E-state index contributed by atoms with van der Waals surface area (Å²) in [5.74, 6) is 1.55. The van der Waals surface area contributed by atoms with E-state index in [0.29, 0.717) is 17.6 Å². The summed E-state index contributed by atoms with van der Waals surface area (Å²) in [6.07, 6.45) is 3.51. The van der Waals surface area contributed by atoms with Crippen molar-refractivity contribution < 1.29 is 9.66 Å². The molecule has 7 nitrogen and oxygen atoms in total. The van der Waals surface area contributed by atoms with E-state index in [4.69, 9.17) is 4.74 Å². The molecule has 0 bridgehead atoms. The summed E-state index contributed by atoms with van der Waals surface area (Å²) >= 11 is 0. The number of benzene rings is 1. The molecule has 0 radical (unpaired) electrons. The molecule has 1 aliphatic heterocycles. The van der Waals surface area contributed by atoms with Crippen LogP contribution in [0.15, 0.2) is 36.4 Å². The molecule has 2 fully saturated rings. The number of nitro groups is 1. The van der Waals surface area contributed by atoms with Gasteiger partial charge in [-0.15, -0.1) is 0 Å². The normalized spacial score (nSPS) is 22.6. The van der Waals surface area contributed by atoms with Gasteiger partial charge in [0.15, 0.2) is 0 Å². The van der Waals surface area contributed by atoms with Crippen LogP contribution in [0.2, 0.25) is 0 Å². The number of pyridine rings is 1. The van der Waals surface area contributed by atoms with E-state index in [2.05, 4.69) is 27.3 Å². The van der Waals surface area contributed by atoms with Crippen LogP contribution < -0.4 is 10.1 Å². The van der Waals surface area contributed by atoms with Gasteiger partial charge in [0.1, 0.15) is 17.3 Å². The van der Waals surface area contributed by atoms with Gasteiger partial charge in [-0.1, -0.05) is 12.1 Å². The van der Waals surface area contributed by atoms with Crippen molar-refractivity contribution in [3.63, 3.8) is 0 Å². The van der Waals surface area contributed by atoms with E-state index in [1.807, 2.05) is 12.1 Å². The molecule has 4 rings (SSSR count). The molecule has 2 aromatic rings. The van der Waals surface area contributed by atoms with Gasteiger partial charge >= 0.3 is 0 Å². The van der Waals surface area contributed by atoms with Gasteiger partial charge in [-0.3, -0.25) is 15.0 Å². The lowest BCUT2D eigenvalue weighted by Crippen LogP contribution is -2.33. The number of nitrogens with zero attached hydrogens (tertiary/aromatic N) is 3. The standard InChI is InChI=1S/C20H24N4O3/c1-13-18(24(25)26)8-9-19(21-13)22-17-10-11-23(15-6-7-15)20(17)14-4-3-5-16(12-14)27-2/h3-5,8-9,12,15,17,20H,6-7,10-11H2,1-2H3,(H,21,22). The second-order valence-electron chi connectivity index (χ2n) is 7.29. The monoisotopic (exact) mass is 368 g/mol. The van der Waals surface area contributed by atoms with Gasteiger partial charge in [0, 0.05) is 24.7 Å².